The molecule has 1 aliphatic rings. The highest BCUT2D eigenvalue weighted by atomic mass is 35.5. The van der Waals surface area contributed by atoms with E-state index in [0.29, 0.717) is 48.8 Å². The summed E-state index contributed by atoms with van der Waals surface area (Å²) in [5.74, 6) is 1.46. The number of carbonyl (C=O) groups is 1. The van der Waals surface area contributed by atoms with E-state index in [1.165, 1.54) is 6.33 Å². The van der Waals surface area contributed by atoms with Crippen LogP contribution < -0.4 is 10.2 Å². The van der Waals surface area contributed by atoms with Crippen molar-refractivity contribution in [1.82, 2.24) is 24.8 Å². The van der Waals surface area contributed by atoms with Crippen LogP contribution in [0.3, 0.4) is 0 Å². The number of carbonyl (C=O) groups excluding carboxylic acids is 1. The number of nitrogens with one attached hydrogen (secondary N) is 1. The van der Waals surface area contributed by atoms with Gasteiger partial charge in [0.05, 0.1) is 22.1 Å². The zero-order valence-electron chi connectivity index (χ0n) is 18.6. The van der Waals surface area contributed by atoms with Gasteiger partial charge in [0.2, 0.25) is 0 Å². The Kier molecular flexibility index (Phi) is 6.23. The number of halogens is 1. The maximum absolute atomic E-state index is 11.0. The summed E-state index contributed by atoms with van der Waals surface area (Å²) >= 11 is 6.48. The number of piperazine rings is 1. The number of aromatic nitrogens is 4. The molecule has 1 aliphatic heterocycles. The van der Waals surface area contributed by atoms with Gasteiger partial charge >= 0.3 is 0 Å². The number of hydrogen-bond acceptors (Lipinski definition) is 9. The first kappa shape index (κ1) is 22.4. The third-order valence-electron chi connectivity index (χ3n) is 6.13. The minimum absolute atomic E-state index is 0.149. The van der Waals surface area contributed by atoms with E-state index >= 15 is 0 Å². The molecule has 5 rings (SSSR count). The standard InChI is InChI=1S/C24H24ClN7O2/c1-15(29-23-22-19(27-14-28-23)6-3-7-26-22)17-12-16-4-2-5-18(25)21(16)30-24(17)32-10-8-31(9-11-32)20(34)13-33/h2-7,12-15,20,34H,8-11H2,1H3,(H,27,28,29)/t15-,20?/m0/s1. The molecular weight excluding hydrogens is 454 g/mol. The zero-order valence-corrected chi connectivity index (χ0v) is 19.4. The third kappa shape index (κ3) is 4.25. The Morgan fingerprint density at radius 2 is 1.91 bits per heavy atom. The number of aliphatic hydroxyl groups is 1. The molecule has 0 spiro atoms. The number of benzene rings is 1. The van der Waals surface area contributed by atoms with Crippen molar-refractivity contribution in [3.63, 3.8) is 0 Å². The lowest BCUT2D eigenvalue weighted by Gasteiger charge is -2.37. The Balaban J connectivity index is 1.52. The van der Waals surface area contributed by atoms with Crippen molar-refractivity contribution in [3.05, 3.63) is 59.5 Å². The second-order valence-corrected chi connectivity index (χ2v) is 8.65. The van der Waals surface area contributed by atoms with E-state index in [-0.39, 0.29) is 6.04 Å². The number of para-hydroxylation sites is 1. The van der Waals surface area contributed by atoms with Crippen LogP contribution in [-0.2, 0) is 4.79 Å². The van der Waals surface area contributed by atoms with Crippen molar-refractivity contribution in [1.29, 1.82) is 0 Å². The quantitative estimate of drug-likeness (QED) is 0.405. The van der Waals surface area contributed by atoms with Gasteiger partial charge < -0.3 is 15.3 Å². The molecule has 174 valence electrons. The van der Waals surface area contributed by atoms with Gasteiger partial charge in [-0.3, -0.25) is 14.7 Å². The molecule has 3 aromatic heterocycles. The molecule has 9 nitrogen and oxygen atoms in total. The fourth-order valence-corrected chi connectivity index (χ4v) is 4.53. The summed E-state index contributed by atoms with van der Waals surface area (Å²) in [6.07, 6.45) is 2.72. The zero-order chi connectivity index (χ0) is 23.7. The Bertz CT molecular complexity index is 1340. The molecular formula is C24H24ClN7O2. The fraction of sp³-hybridized carbons (Fsp3) is 0.292. The molecule has 4 aromatic rings. The van der Waals surface area contributed by atoms with Gasteiger partial charge in [-0.15, -0.1) is 0 Å². The molecule has 10 heteroatoms. The lowest BCUT2D eigenvalue weighted by Crippen LogP contribution is -2.51. The second kappa shape index (κ2) is 9.46. The molecule has 1 saturated heterocycles. The van der Waals surface area contributed by atoms with E-state index in [0.717, 1.165) is 27.8 Å². The number of hydrogen-bond donors (Lipinski definition) is 2. The molecule has 4 heterocycles. The number of rotatable bonds is 6. The van der Waals surface area contributed by atoms with Crippen LogP contribution in [0.4, 0.5) is 11.6 Å². The van der Waals surface area contributed by atoms with Gasteiger partial charge in [-0.05, 0) is 31.2 Å². The number of anilines is 2. The summed E-state index contributed by atoms with van der Waals surface area (Å²) in [5, 5.41) is 14.9. The van der Waals surface area contributed by atoms with Crippen LogP contribution in [0.25, 0.3) is 21.9 Å². The van der Waals surface area contributed by atoms with Crippen LogP contribution in [0.2, 0.25) is 5.02 Å². The van der Waals surface area contributed by atoms with Crippen molar-refractivity contribution >= 4 is 51.5 Å². The number of nitrogens with zero attached hydrogens (tertiary/aromatic N) is 6. The Morgan fingerprint density at radius 3 is 2.71 bits per heavy atom. The minimum Gasteiger partial charge on any atom is -0.371 e. The van der Waals surface area contributed by atoms with Gasteiger partial charge in [-0.25, -0.2) is 15.0 Å². The molecule has 1 aromatic carbocycles. The lowest BCUT2D eigenvalue weighted by atomic mass is 10.0. The maximum atomic E-state index is 11.0. The van der Waals surface area contributed by atoms with Crippen LogP contribution in [0.5, 0.6) is 0 Å². The van der Waals surface area contributed by atoms with Crippen LogP contribution in [0.15, 0.2) is 48.9 Å². The second-order valence-electron chi connectivity index (χ2n) is 8.24. The maximum Gasteiger partial charge on any atom is 0.164 e. The van der Waals surface area contributed by atoms with Gasteiger partial charge in [0.25, 0.3) is 0 Å². The van der Waals surface area contributed by atoms with Gasteiger partial charge in [-0.1, -0.05) is 23.7 Å². The van der Waals surface area contributed by atoms with Crippen LogP contribution in [-0.4, -0.2) is 68.6 Å². The topological polar surface area (TPSA) is 107 Å². The van der Waals surface area contributed by atoms with E-state index in [4.69, 9.17) is 16.6 Å². The molecule has 34 heavy (non-hydrogen) atoms. The number of aldehydes is 1. The molecule has 0 radical (unpaired) electrons. The highest BCUT2D eigenvalue weighted by Gasteiger charge is 2.26. The van der Waals surface area contributed by atoms with Gasteiger partial charge in [-0.2, -0.15) is 0 Å². The predicted octanol–water partition coefficient (Wildman–Crippen LogP) is 3.04. The molecule has 0 bridgehead atoms. The van der Waals surface area contributed by atoms with Crippen molar-refractivity contribution in [2.75, 3.05) is 36.4 Å². The molecule has 2 atom stereocenters. The van der Waals surface area contributed by atoms with E-state index in [1.807, 2.05) is 30.3 Å². The molecule has 2 N–H and O–H groups in total. The highest BCUT2D eigenvalue weighted by Crippen LogP contribution is 2.34. The van der Waals surface area contributed by atoms with E-state index < -0.39 is 6.23 Å². The van der Waals surface area contributed by atoms with Gasteiger partial charge in [0, 0.05) is 43.3 Å². The first-order valence-electron chi connectivity index (χ1n) is 11.1. The Labute approximate surface area is 201 Å². The Hall–Kier alpha value is -3.40. The van der Waals surface area contributed by atoms with Crippen LogP contribution in [0.1, 0.15) is 18.5 Å². The summed E-state index contributed by atoms with van der Waals surface area (Å²) in [7, 11) is 0. The van der Waals surface area contributed by atoms with Gasteiger partial charge in [0.15, 0.2) is 18.3 Å². The fourth-order valence-electron chi connectivity index (χ4n) is 4.31. The summed E-state index contributed by atoms with van der Waals surface area (Å²) in [4.78, 5) is 33.0. The molecule has 1 fully saturated rings. The normalized spacial score (nSPS) is 16.5. The summed E-state index contributed by atoms with van der Waals surface area (Å²) < 4.78 is 0. The van der Waals surface area contributed by atoms with Crippen LogP contribution in [0, 0.1) is 0 Å². The van der Waals surface area contributed by atoms with E-state index in [9.17, 15) is 9.90 Å². The Morgan fingerprint density at radius 1 is 1.09 bits per heavy atom. The SMILES string of the molecule is C[C@H](Nc1ncnc2cccnc12)c1cc2cccc(Cl)c2nc1N1CCN(C(O)C=O)CC1. The molecule has 0 amide bonds. The van der Waals surface area contributed by atoms with E-state index in [2.05, 4.69) is 38.2 Å². The monoisotopic (exact) mass is 477 g/mol. The van der Waals surface area contributed by atoms with Crippen LogP contribution >= 0.6 is 11.6 Å². The third-order valence-corrected chi connectivity index (χ3v) is 6.43. The van der Waals surface area contributed by atoms with Crippen molar-refractivity contribution in [2.45, 2.75) is 19.2 Å². The summed E-state index contributed by atoms with van der Waals surface area (Å²) in [6.45, 7) is 4.38. The number of pyridine rings is 2. The average Bonchev–Trinajstić information content (AvgIpc) is 2.88. The largest absolute Gasteiger partial charge is 0.371 e. The lowest BCUT2D eigenvalue weighted by molar-refractivity contribution is -0.124. The average molecular weight is 478 g/mol. The summed E-state index contributed by atoms with van der Waals surface area (Å²) in [5.41, 5.74) is 3.19. The first-order chi connectivity index (χ1) is 16.5. The van der Waals surface area contributed by atoms with Crippen molar-refractivity contribution in [2.24, 2.45) is 0 Å². The van der Waals surface area contributed by atoms with Gasteiger partial charge in [0.1, 0.15) is 17.7 Å². The smallest absolute Gasteiger partial charge is 0.164 e. The minimum atomic E-state index is -1.08. The van der Waals surface area contributed by atoms with Crippen molar-refractivity contribution < 1.29 is 9.90 Å². The number of aliphatic hydroxyl groups excluding tert-OH is 1. The van der Waals surface area contributed by atoms with E-state index in [1.54, 1.807) is 11.1 Å². The van der Waals surface area contributed by atoms with Crippen molar-refractivity contribution in [3.8, 4) is 0 Å². The predicted molar refractivity (Wildman–Crippen MR) is 132 cm³/mol. The molecule has 0 aliphatic carbocycles. The molecule has 0 saturated carbocycles. The summed E-state index contributed by atoms with van der Waals surface area (Å²) in [6, 6.07) is 11.4. The highest BCUT2D eigenvalue weighted by molar-refractivity contribution is 6.35. The molecule has 1 unspecified atom stereocenters. The first-order valence-corrected chi connectivity index (χ1v) is 11.5. The number of fused-ring (bicyclic) bond motifs is 2.